The van der Waals surface area contributed by atoms with Gasteiger partial charge in [-0.15, -0.1) is 0 Å². The number of pyridine rings is 2. The van der Waals surface area contributed by atoms with Crippen LogP contribution in [0, 0.1) is 13.8 Å². The molecular formula is C26H20N2. The molecular weight excluding hydrogens is 340 g/mol. The van der Waals surface area contributed by atoms with Crippen molar-refractivity contribution in [3.63, 3.8) is 0 Å². The summed E-state index contributed by atoms with van der Waals surface area (Å²) in [7, 11) is 0. The van der Waals surface area contributed by atoms with Crippen molar-refractivity contribution in [2.45, 2.75) is 13.8 Å². The topological polar surface area (TPSA) is 25.8 Å². The van der Waals surface area contributed by atoms with Gasteiger partial charge < -0.3 is 0 Å². The third-order valence-corrected chi connectivity index (χ3v) is 5.59. The molecule has 0 unspecified atom stereocenters. The molecule has 28 heavy (non-hydrogen) atoms. The SMILES string of the molecule is Cc1c(C)c2ccc(-c3ccc(-c4ccccc4)cc3)nc2c2ncccc12. The molecule has 0 saturated carbocycles. The first kappa shape index (κ1) is 16.6. The molecule has 5 aromatic rings. The maximum atomic E-state index is 5.02. The van der Waals surface area contributed by atoms with E-state index in [1.54, 1.807) is 0 Å². The number of benzene rings is 3. The molecule has 0 amide bonds. The van der Waals surface area contributed by atoms with Crippen molar-refractivity contribution in [1.82, 2.24) is 9.97 Å². The number of nitrogens with zero attached hydrogens (tertiary/aromatic N) is 2. The van der Waals surface area contributed by atoms with E-state index in [-0.39, 0.29) is 0 Å². The zero-order valence-electron chi connectivity index (χ0n) is 16.0. The molecule has 0 bridgehead atoms. The molecule has 5 rings (SSSR count). The summed E-state index contributed by atoms with van der Waals surface area (Å²) in [5.74, 6) is 0. The Morgan fingerprint density at radius 2 is 1.18 bits per heavy atom. The Morgan fingerprint density at radius 1 is 0.536 bits per heavy atom. The number of rotatable bonds is 2. The third-order valence-electron chi connectivity index (χ3n) is 5.59. The lowest BCUT2D eigenvalue weighted by Crippen LogP contribution is -1.94. The van der Waals surface area contributed by atoms with Crippen LogP contribution in [0.4, 0.5) is 0 Å². The van der Waals surface area contributed by atoms with Crippen LogP contribution in [-0.2, 0) is 0 Å². The Bertz CT molecular complexity index is 1300. The van der Waals surface area contributed by atoms with Gasteiger partial charge in [0.2, 0.25) is 0 Å². The fourth-order valence-electron chi connectivity index (χ4n) is 3.87. The van der Waals surface area contributed by atoms with E-state index < -0.39 is 0 Å². The summed E-state index contributed by atoms with van der Waals surface area (Å²) in [6, 6.07) is 27.5. The number of hydrogen-bond donors (Lipinski definition) is 0. The Balaban J connectivity index is 1.66. The van der Waals surface area contributed by atoms with Gasteiger partial charge in [-0.25, -0.2) is 4.98 Å². The zero-order chi connectivity index (χ0) is 19.1. The first-order chi connectivity index (χ1) is 13.7. The van der Waals surface area contributed by atoms with Gasteiger partial charge in [0.15, 0.2) is 0 Å². The van der Waals surface area contributed by atoms with Gasteiger partial charge in [-0.1, -0.05) is 66.7 Å². The molecule has 0 aliphatic rings. The second-order valence-electron chi connectivity index (χ2n) is 7.19. The Hall–Kier alpha value is -3.52. The van der Waals surface area contributed by atoms with Crippen LogP contribution in [0.1, 0.15) is 11.1 Å². The molecule has 0 aliphatic heterocycles. The van der Waals surface area contributed by atoms with Crippen molar-refractivity contribution in [3.05, 3.63) is 96.2 Å². The number of aryl methyl sites for hydroxylation is 2. The second-order valence-corrected chi connectivity index (χ2v) is 7.19. The predicted molar refractivity (Wildman–Crippen MR) is 117 cm³/mol. The number of hydrogen-bond acceptors (Lipinski definition) is 2. The van der Waals surface area contributed by atoms with Gasteiger partial charge >= 0.3 is 0 Å². The molecule has 0 aliphatic carbocycles. The fourth-order valence-corrected chi connectivity index (χ4v) is 3.87. The molecule has 0 N–H and O–H groups in total. The summed E-state index contributed by atoms with van der Waals surface area (Å²) < 4.78 is 0. The normalized spacial score (nSPS) is 11.2. The highest BCUT2D eigenvalue weighted by atomic mass is 14.8. The molecule has 134 valence electrons. The molecule has 2 heteroatoms. The van der Waals surface area contributed by atoms with Crippen molar-refractivity contribution in [2.24, 2.45) is 0 Å². The standard InChI is InChI=1S/C26H20N2/c1-17-18(2)23-14-15-24(28-26(23)25-22(17)9-6-16-27-25)21-12-10-20(11-13-21)19-7-4-3-5-8-19/h3-16H,1-2H3. The first-order valence-corrected chi connectivity index (χ1v) is 9.53. The van der Waals surface area contributed by atoms with E-state index in [1.807, 2.05) is 18.3 Å². The van der Waals surface area contributed by atoms with Crippen LogP contribution in [0.15, 0.2) is 85.1 Å². The molecule has 2 aromatic heterocycles. The van der Waals surface area contributed by atoms with E-state index in [4.69, 9.17) is 4.98 Å². The third kappa shape index (κ3) is 2.66. The Morgan fingerprint density at radius 3 is 1.93 bits per heavy atom. The fraction of sp³-hybridized carbons (Fsp3) is 0.0769. The van der Waals surface area contributed by atoms with E-state index in [0.29, 0.717) is 0 Å². The van der Waals surface area contributed by atoms with Gasteiger partial charge in [-0.2, -0.15) is 0 Å². The zero-order valence-corrected chi connectivity index (χ0v) is 16.0. The average Bonchev–Trinajstić information content (AvgIpc) is 2.78. The van der Waals surface area contributed by atoms with Crippen LogP contribution in [0.25, 0.3) is 44.2 Å². The van der Waals surface area contributed by atoms with Crippen molar-refractivity contribution in [3.8, 4) is 22.4 Å². The van der Waals surface area contributed by atoms with E-state index in [0.717, 1.165) is 22.3 Å². The van der Waals surface area contributed by atoms with Crippen molar-refractivity contribution < 1.29 is 0 Å². The van der Waals surface area contributed by atoms with Gasteiger partial charge in [-0.05, 0) is 48.2 Å². The maximum absolute atomic E-state index is 5.02. The maximum Gasteiger partial charge on any atom is 0.0974 e. The first-order valence-electron chi connectivity index (χ1n) is 9.53. The molecule has 0 saturated heterocycles. The van der Waals surface area contributed by atoms with E-state index in [9.17, 15) is 0 Å². The van der Waals surface area contributed by atoms with Gasteiger partial charge in [0.25, 0.3) is 0 Å². The second kappa shape index (κ2) is 6.58. The summed E-state index contributed by atoms with van der Waals surface area (Å²) >= 11 is 0. The largest absolute Gasteiger partial charge is 0.254 e. The van der Waals surface area contributed by atoms with Gasteiger partial charge in [-0.3, -0.25) is 4.98 Å². The van der Waals surface area contributed by atoms with Gasteiger partial charge in [0.1, 0.15) is 0 Å². The molecule has 3 aromatic carbocycles. The van der Waals surface area contributed by atoms with E-state index in [2.05, 4.69) is 85.6 Å². The molecule has 0 fully saturated rings. The highest BCUT2D eigenvalue weighted by Crippen LogP contribution is 2.32. The van der Waals surface area contributed by atoms with Crippen molar-refractivity contribution >= 4 is 21.8 Å². The quantitative estimate of drug-likeness (QED) is 0.326. The minimum Gasteiger partial charge on any atom is -0.254 e. The van der Waals surface area contributed by atoms with Crippen molar-refractivity contribution in [2.75, 3.05) is 0 Å². The number of fused-ring (bicyclic) bond motifs is 3. The Kier molecular flexibility index (Phi) is 3.91. The molecule has 0 spiro atoms. The predicted octanol–water partition coefficient (Wildman–Crippen LogP) is 6.73. The lowest BCUT2D eigenvalue weighted by Gasteiger charge is -2.12. The van der Waals surface area contributed by atoms with Crippen LogP contribution in [0.2, 0.25) is 0 Å². The summed E-state index contributed by atoms with van der Waals surface area (Å²) in [4.78, 5) is 9.65. The monoisotopic (exact) mass is 360 g/mol. The summed E-state index contributed by atoms with van der Waals surface area (Å²) in [6.45, 7) is 4.33. The summed E-state index contributed by atoms with van der Waals surface area (Å²) in [5, 5.41) is 2.35. The highest BCUT2D eigenvalue weighted by molar-refractivity contribution is 6.06. The van der Waals surface area contributed by atoms with Crippen LogP contribution in [-0.4, -0.2) is 9.97 Å². The van der Waals surface area contributed by atoms with Crippen LogP contribution >= 0.6 is 0 Å². The van der Waals surface area contributed by atoms with E-state index in [1.165, 1.54) is 33.0 Å². The smallest absolute Gasteiger partial charge is 0.0974 e. The van der Waals surface area contributed by atoms with E-state index >= 15 is 0 Å². The minimum absolute atomic E-state index is 0.974. The van der Waals surface area contributed by atoms with Crippen LogP contribution < -0.4 is 0 Å². The molecule has 0 radical (unpaired) electrons. The lowest BCUT2D eigenvalue weighted by atomic mass is 9.97. The van der Waals surface area contributed by atoms with Crippen LogP contribution in [0.3, 0.4) is 0 Å². The summed E-state index contributed by atoms with van der Waals surface area (Å²) in [6.07, 6.45) is 1.85. The summed E-state index contributed by atoms with van der Waals surface area (Å²) in [5.41, 5.74) is 9.02. The average molecular weight is 360 g/mol. The molecule has 0 atom stereocenters. The Labute approximate surface area is 164 Å². The number of aromatic nitrogens is 2. The van der Waals surface area contributed by atoms with Gasteiger partial charge in [0, 0.05) is 22.5 Å². The minimum atomic E-state index is 0.974. The van der Waals surface area contributed by atoms with Gasteiger partial charge in [0.05, 0.1) is 16.7 Å². The highest BCUT2D eigenvalue weighted by Gasteiger charge is 2.12. The molecule has 2 heterocycles. The van der Waals surface area contributed by atoms with Crippen molar-refractivity contribution in [1.29, 1.82) is 0 Å². The van der Waals surface area contributed by atoms with Crippen LogP contribution in [0.5, 0.6) is 0 Å². The lowest BCUT2D eigenvalue weighted by molar-refractivity contribution is 1.33. The molecule has 2 nitrogen and oxygen atoms in total.